The number of aliphatic carboxylic acids is 1. The summed E-state index contributed by atoms with van der Waals surface area (Å²) in [6.07, 6.45) is 1.99. The number of carboxylic acid groups (broad SMARTS) is 1. The summed E-state index contributed by atoms with van der Waals surface area (Å²) in [5.74, 6) is -0.593. The minimum atomic E-state index is -0.746. The zero-order valence-electron chi connectivity index (χ0n) is 12.5. The van der Waals surface area contributed by atoms with Crippen molar-refractivity contribution in [3.05, 3.63) is 23.2 Å². The normalized spacial score (nSPS) is 26.4. The molecule has 7 heteroatoms. The fourth-order valence-electron chi connectivity index (χ4n) is 3.07. The monoisotopic (exact) mass is 338 g/mol. The molecule has 0 spiro atoms. The van der Waals surface area contributed by atoms with Crippen LogP contribution in [0.25, 0.3) is 0 Å². The molecule has 1 fully saturated rings. The average Bonchev–Trinajstić information content (AvgIpc) is 2.54. The zero-order chi connectivity index (χ0) is 16.4. The van der Waals surface area contributed by atoms with E-state index in [1.807, 2.05) is 0 Å². The maximum absolute atomic E-state index is 12.3. The van der Waals surface area contributed by atoms with Gasteiger partial charge in [0, 0.05) is 11.1 Å². The molecule has 124 valence electrons. The maximum Gasteiger partial charge on any atom is 0.306 e. The van der Waals surface area contributed by atoms with Crippen molar-refractivity contribution in [1.29, 1.82) is 0 Å². The molecule has 1 unspecified atom stereocenters. The van der Waals surface area contributed by atoms with Gasteiger partial charge in [0.2, 0.25) is 0 Å². The summed E-state index contributed by atoms with van der Waals surface area (Å²) in [5, 5.41) is 15.7. The van der Waals surface area contributed by atoms with Crippen LogP contribution in [-0.4, -0.2) is 35.7 Å². The molecule has 1 amide bonds. The van der Waals surface area contributed by atoms with Gasteiger partial charge < -0.3 is 20.5 Å². The molecule has 23 heavy (non-hydrogen) atoms. The first-order valence-electron chi connectivity index (χ1n) is 7.76. The summed E-state index contributed by atoms with van der Waals surface area (Å²) in [4.78, 5) is 23.3. The first-order valence-corrected chi connectivity index (χ1v) is 8.14. The van der Waals surface area contributed by atoms with Crippen molar-refractivity contribution in [2.45, 2.75) is 37.8 Å². The molecule has 1 aliphatic heterocycles. The van der Waals surface area contributed by atoms with Crippen LogP contribution in [0.5, 0.6) is 5.75 Å². The second kappa shape index (κ2) is 6.66. The van der Waals surface area contributed by atoms with E-state index >= 15 is 0 Å². The van der Waals surface area contributed by atoms with E-state index in [1.54, 1.807) is 18.2 Å². The van der Waals surface area contributed by atoms with E-state index in [0.29, 0.717) is 43.0 Å². The van der Waals surface area contributed by atoms with E-state index in [2.05, 4.69) is 10.6 Å². The molecular formula is C16H19ClN2O4. The molecule has 1 aromatic carbocycles. The van der Waals surface area contributed by atoms with E-state index in [-0.39, 0.29) is 17.9 Å². The topological polar surface area (TPSA) is 87.7 Å². The van der Waals surface area contributed by atoms with E-state index < -0.39 is 12.1 Å². The van der Waals surface area contributed by atoms with E-state index in [4.69, 9.17) is 21.4 Å². The van der Waals surface area contributed by atoms with E-state index in [0.717, 1.165) is 5.69 Å². The van der Waals surface area contributed by atoms with Crippen molar-refractivity contribution in [2.24, 2.45) is 5.92 Å². The number of rotatable bonds is 3. The Hall–Kier alpha value is -1.95. The second-order valence-corrected chi connectivity index (χ2v) is 6.46. The van der Waals surface area contributed by atoms with Gasteiger partial charge in [-0.25, -0.2) is 0 Å². The Morgan fingerprint density at radius 2 is 2.00 bits per heavy atom. The highest BCUT2D eigenvalue weighted by atomic mass is 35.5. The highest BCUT2D eigenvalue weighted by Crippen LogP contribution is 2.32. The molecule has 3 N–H and O–H groups in total. The smallest absolute Gasteiger partial charge is 0.306 e. The average molecular weight is 339 g/mol. The van der Waals surface area contributed by atoms with Crippen LogP contribution < -0.4 is 15.4 Å². The van der Waals surface area contributed by atoms with Gasteiger partial charge in [-0.1, -0.05) is 11.6 Å². The van der Waals surface area contributed by atoms with Crippen molar-refractivity contribution in [2.75, 3.05) is 11.9 Å². The van der Waals surface area contributed by atoms with Crippen LogP contribution in [0.4, 0.5) is 5.69 Å². The van der Waals surface area contributed by atoms with E-state index in [1.165, 1.54) is 0 Å². The molecule has 3 rings (SSSR count). The predicted octanol–water partition coefficient (Wildman–Crippen LogP) is 2.27. The molecule has 1 aliphatic carbocycles. The van der Waals surface area contributed by atoms with Gasteiger partial charge in [-0.05, 0) is 43.9 Å². The SMILES string of the molecule is O=C(O)C1CCC(NC(=O)C2CNc3cc(Cl)ccc3O2)CC1. The molecule has 1 atom stereocenters. The molecule has 0 saturated heterocycles. The molecule has 2 aliphatic rings. The van der Waals surface area contributed by atoms with Crippen molar-refractivity contribution < 1.29 is 19.4 Å². The summed E-state index contributed by atoms with van der Waals surface area (Å²) in [7, 11) is 0. The number of anilines is 1. The lowest BCUT2D eigenvalue weighted by molar-refractivity contribution is -0.142. The van der Waals surface area contributed by atoms with Crippen LogP contribution in [0.1, 0.15) is 25.7 Å². The summed E-state index contributed by atoms with van der Waals surface area (Å²) < 4.78 is 5.72. The first kappa shape index (κ1) is 15.9. The molecule has 0 radical (unpaired) electrons. The van der Waals surface area contributed by atoms with Gasteiger partial charge in [-0.3, -0.25) is 9.59 Å². The van der Waals surface area contributed by atoms with Crippen LogP contribution >= 0.6 is 11.6 Å². The Balaban J connectivity index is 1.54. The Bertz CT molecular complexity index is 614. The van der Waals surface area contributed by atoms with Gasteiger partial charge in [0.1, 0.15) is 5.75 Å². The second-order valence-electron chi connectivity index (χ2n) is 6.02. The number of nitrogens with one attached hydrogen (secondary N) is 2. The number of carboxylic acids is 1. The standard InChI is InChI=1S/C16H19ClN2O4/c17-10-3-6-13-12(7-10)18-8-14(23-13)15(20)19-11-4-1-9(2-5-11)16(21)22/h3,6-7,9,11,14,18H,1-2,4-5,8H2,(H,19,20)(H,21,22). The predicted molar refractivity (Wildman–Crippen MR) is 85.9 cm³/mol. The number of fused-ring (bicyclic) bond motifs is 1. The van der Waals surface area contributed by atoms with Gasteiger partial charge in [0.25, 0.3) is 5.91 Å². The molecule has 1 heterocycles. The van der Waals surface area contributed by atoms with Gasteiger partial charge in [-0.2, -0.15) is 0 Å². The third kappa shape index (κ3) is 3.69. The summed E-state index contributed by atoms with van der Waals surface area (Å²) in [5.41, 5.74) is 0.781. The molecule has 0 bridgehead atoms. The first-order chi connectivity index (χ1) is 11.0. The van der Waals surface area contributed by atoms with Gasteiger partial charge in [-0.15, -0.1) is 0 Å². The molecule has 0 aromatic heterocycles. The Labute approximate surface area is 139 Å². The zero-order valence-corrected chi connectivity index (χ0v) is 13.3. The minimum absolute atomic E-state index is 0.0216. The largest absolute Gasteiger partial charge is 0.481 e. The fourth-order valence-corrected chi connectivity index (χ4v) is 3.24. The van der Waals surface area contributed by atoms with Crippen LogP contribution in [-0.2, 0) is 9.59 Å². The van der Waals surface area contributed by atoms with Crippen LogP contribution in [0, 0.1) is 5.92 Å². The Morgan fingerprint density at radius 3 is 2.70 bits per heavy atom. The molecule has 1 aromatic rings. The van der Waals surface area contributed by atoms with Crippen LogP contribution in [0.15, 0.2) is 18.2 Å². The summed E-state index contributed by atoms with van der Waals surface area (Å²) in [6.45, 7) is 0.379. The number of amides is 1. The van der Waals surface area contributed by atoms with Gasteiger partial charge in [0.05, 0.1) is 18.2 Å². The minimum Gasteiger partial charge on any atom is -0.481 e. The lowest BCUT2D eigenvalue weighted by Crippen LogP contribution is -2.49. The molecule has 6 nitrogen and oxygen atoms in total. The van der Waals surface area contributed by atoms with Crippen molar-refractivity contribution in [3.8, 4) is 5.75 Å². The summed E-state index contributed by atoms with van der Waals surface area (Å²) in [6, 6.07) is 5.24. The highest BCUT2D eigenvalue weighted by Gasteiger charge is 2.30. The van der Waals surface area contributed by atoms with Crippen molar-refractivity contribution >= 4 is 29.2 Å². The number of hydrogen-bond donors (Lipinski definition) is 3. The van der Waals surface area contributed by atoms with Crippen molar-refractivity contribution in [3.63, 3.8) is 0 Å². The maximum atomic E-state index is 12.3. The lowest BCUT2D eigenvalue weighted by atomic mass is 9.86. The molecular weight excluding hydrogens is 320 g/mol. The highest BCUT2D eigenvalue weighted by molar-refractivity contribution is 6.30. The van der Waals surface area contributed by atoms with Crippen molar-refractivity contribution in [1.82, 2.24) is 5.32 Å². The Morgan fingerprint density at radius 1 is 1.26 bits per heavy atom. The number of ether oxygens (including phenoxy) is 1. The quantitative estimate of drug-likeness (QED) is 0.787. The molecule has 1 saturated carbocycles. The number of carbonyl (C=O) groups is 2. The van der Waals surface area contributed by atoms with Gasteiger partial charge >= 0.3 is 5.97 Å². The van der Waals surface area contributed by atoms with Crippen LogP contribution in [0.2, 0.25) is 5.02 Å². The number of halogens is 1. The number of benzene rings is 1. The van der Waals surface area contributed by atoms with Gasteiger partial charge in [0.15, 0.2) is 6.10 Å². The third-order valence-corrected chi connectivity index (χ3v) is 4.64. The number of hydrogen-bond acceptors (Lipinski definition) is 4. The fraction of sp³-hybridized carbons (Fsp3) is 0.500. The summed E-state index contributed by atoms with van der Waals surface area (Å²) >= 11 is 5.92. The number of carbonyl (C=O) groups excluding carboxylic acids is 1. The lowest BCUT2D eigenvalue weighted by Gasteiger charge is -2.30. The van der Waals surface area contributed by atoms with E-state index in [9.17, 15) is 9.59 Å². The van der Waals surface area contributed by atoms with Crippen LogP contribution in [0.3, 0.4) is 0 Å². The third-order valence-electron chi connectivity index (χ3n) is 4.40. The Kier molecular flexibility index (Phi) is 4.61.